The normalized spacial score (nSPS) is 15.7. The van der Waals surface area contributed by atoms with Crippen LogP contribution in [-0.4, -0.2) is 35.7 Å². The van der Waals surface area contributed by atoms with E-state index < -0.39 is 10.0 Å². The number of nitrogens with zero attached hydrogens (tertiary/aromatic N) is 3. The van der Waals surface area contributed by atoms with Crippen molar-refractivity contribution in [2.24, 2.45) is 0 Å². The van der Waals surface area contributed by atoms with Gasteiger partial charge in [-0.2, -0.15) is 4.31 Å². The molecule has 1 aliphatic heterocycles. The molecule has 3 heterocycles. The van der Waals surface area contributed by atoms with Crippen LogP contribution >= 0.6 is 0 Å². The number of fused-ring (bicyclic) bond motifs is 1. The van der Waals surface area contributed by atoms with Gasteiger partial charge in [-0.1, -0.05) is 11.2 Å². The van der Waals surface area contributed by atoms with Crippen LogP contribution in [-0.2, 0) is 29.6 Å². The quantitative estimate of drug-likeness (QED) is 0.836. The lowest BCUT2D eigenvalue weighted by molar-refractivity contribution is 0.277. The Balaban J connectivity index is 1.76. The van der Waals surface area contributed by atoms with Gasteiger partial charge in [-0.05, 0) is 6.07 Å². The average Bonchev–Trinajstić information content (AvgIpc) is 2.87. The van der Waals surface area contributed by atoms with Gasteiger partial charge in [-0.15, -0.1) is 0 Å². The van der Waals surface area contributed by atoms with Gasteiger partial charge >= 0.3 is 0 Å². The van der Waals surface area contributed by atoms with Crippen molar-refractivity contribution in [2.45, 2.75) is 19.6 Å². The molecule has 8 heteroatoms. The molecule has 0 saturated heterocycles. The molecule has 2 aromatic heterocycles. The van der Waals surface area contributed by atoms with Crippen molar-refractivity contribution < 1.29 is 17.7 Å². The summed E-state index contributed by atoms with van der Waals surface area (Å²) in [6, 6.07) is 5.37. The van der Waals surface area contributed by atoms with E-state index >= 15 is 0 Å². The molecule has 0 N–H and O–H groups in total. The Bertz CT molecular complexity index is 727. The molecular weight excluding hydrogens is 294 g/mol. The average molecular weight is 309 g/mol. The van der Waals surface area contributed by atoms with Crippen molar-refractivity contribution in [3.63, 3.8) is 0 Å². The third-order valence-corrected chi connectivity index (χ3v) is 4.59. The highest BCUT2D eigenvalue weighted by molar-refractivity contribution is 7.88. The lowest BCUT2D eigenvalue weighted by atomic mass is 10.1. The van der Waals surface area contributed by atoms with E-state index in [0.717, 1.165) is 11.3 Å². The predicted octanol–water partition coefficient (Wildman–Crippen LogP) is 0.966. The van der Waals surface area contributed by atoms with Crippen molar-refractivity contribution >= 4 is 10.0 Å². The number of sulfonamides is 1. The molecule has 3 rings (SSSR count). The minimum absolute atomic E-state index is 0.202. The number of aromatic nitrogens is 2. The summed E-state index contributed by atoms with van der Waals surface area (Å²) in [6.07, 6.45) is 3.37. The minimum atomic E-state index is -3.22. The first kappa shape index (κ1) is 14.0. The van der Waals surface area contributed by atoms with Gasteiger partial charge in [0, 0.05) is 37.3 Å². The number of hydrogen-bond acceptors (Lipinski definition) is 6. The Morgan fingerprint density at radius 1 is 1.43 bits per heavy atom. The van der Waals surface area contributed by atoms with Crippen molar-refractivity contribution in [3.05, 3.63) is 41.4 Å². The van der Waals surface area contributed by atoms with Gasteiger partial charge in [-0.25, -0.2) is 13.4 Å². The van der Waals surface area contributed by atoms with Gasteiger partial charge in [0.1, 0.15) is 18.1 Å². The largest absolute Gasteiger partial charge is 0.471 e. The molecule has 7 nitrogen and oxygen atoms in total. The summed E-state index contributed by atoms with van der Waals surface area (Å²) in [5.41, 5.74) is 1.41. The van der Waals surface area contributed by atoms with Crippen LogP contribution in [0.15, 0.2) is 28.9 Å². The van der Waals surface area contributed by atoms with Crippen molar-refractivity contribution in [3.8, 4) is 5.88 Å². The van der Waals surface area contributed by atoms with Crippen LogP contribution in [0.4, 0.5) is 0 Å². The van der Waals surface area contributed by atoms with Gasteiger partial charge in [0.2, 0.25) is 15.9 Å². The maximum absolute atomic E-state index is 11.6. The molecule has 0 bridgehead atoms. The molecule has 0 saturated carbocycles. The molecule has 0 atom stereocenters. The van der Waals surface area contributed by atoms with E-state index in [0.29, 0.717) is 24.5 Å². The predicted molar refractivity (Wildman–Crippen MR) is 74.0 cm³/mol. The van der Waals surface area contributed by atoms with Gasteiger partial charge < -0.3 is 9.26 Å². The molecule has 1 aliphatic rings. The fourth-order valence-corrected chi connectivity index (χ4v) is 3.00. The van der Waals surface area contributed by atoms with E-state index in [4.69, 9.17) is 9.26 Å². The molecule has 21 heavy (non-hydrogen) atoms. The van der Waals surface area contributed by atoms with Crippen LogP contribution in [0.5, 0.6) is 5.88 Å². The topological polar surface area (TPSA) is 85.5 Å². The molecule has 0 aliphatic carbocycles. The van der Waals surface area contributed by atoms with Gasteiger partial charge in [-0.3, -0.25) is 0 Å². The van der Waals surface area contributed by atoms with Crippen LogP contribution in [0, 0.1) is 0 Å². The molecule has 0 fully saturated rings. The number of rotatable bonds is 4. The second kappa shape index (κ2) is 5.45. The third-order valence-electron chi connectivity index (χ3n) is 3.34. The van der Waals surface area contributed by atoms with E-state index in [2.05, 4.69) is 10.1 Å². The van der Waals surface area contributed by atoms with Crippen LogP contribution in [0.1, 0.15) is 17.0 Å². The molecule has 0 unspecified atom stereocenters. The Kier molecular flexibility index (Phi) is 3.64. The van der Waals surface area contributed by atoms with E-state index in [1.54, 1.807) is 18.3 Å². The fraction of sp³-hybridized carbons (Fsp3) is 0.385. The Labute approximate surface area is 122 Å². The summed E-state index contributed by atoms with van der Waals surface area (Å²) in [5.74, 6) is 1.22. The Morgan fingerprint density at radius 2 is 2.29 bits per heavy atom. The van der Waals surface area contributed by atoms with Crippen LogP contribution in [0.2, 0.25) is 0 Å². The van der Waals surface area contributed by atoms with Gasteiger partial charge in [0.15, 0.2) is 0 Å². The Morgan fingerprint density at radius 3 is 3.00 bits per heavy atom. The lowest BCUT2D eigenvalue weighted by Gasteiger charge is -2.23. The van der Waals surface area contributed by atoms with Gasteiger partial charge in [0.05, 0.1) is 6.26 Å². The molecule has 112 valence electrons. The van der Waals surface area contributed by atoms with Crippen LogP contribution < -0.4 is 4.74 Å². The standard InChI is InChI=1S/C13H15N3O4S/c1-21(17,18)16-7-5-12-10(8-16)11(15-20-12)9-19-13-4-2-3-6-14-13/h2-4,6H,5,7-9H2,1H3. The van der Waals surface area contributed by atoms with Crippen molar-refractivity contribution in [1.29, 1.82) is 0 Å². The van der Waals surface area contributed by atoms with E-state index in [1.165, 1.54) is 10.6 Å². The van der Waals surface area contributed by atoms with Crippen molar-refractivity contribution in [1.82, 2.24) is 14.4 Å². The molecule has 0 radical (unpaired) electrons. The van der Waals surface area contributed by atoms with Crippen molar-refractivity contribution in [2.75, 3.05) is 12.8 Å². The lowest BCUT2D eigenvalue weighted by Crippen LogP contribution is -2.35. The van der Waals surface area contributed by atoms with E-state index in [-0.39, 0.29) is 13.2 Å². The smallest absolute Gasteiger partial charge is 0.213 e. The zero-order valence-corrected chi connectivity index (χ0v) is 12.3. The summed E-state index contributed by atoms with van der Waals surface area (Å²) < 4.78 is 35.5. The van der Waals surface area contributed by atoms with E-state index in [9.17, 15) is 8.42 Å². The highest BCUT2D eigenvalue weighted by Gasteiger charge is 2.28. The Hall–Kier alpha value is -1.93. The molecule has 0 spiro atoms. The van der Waals surface area contributed by atoms with Crippen LogP contribution in [0.25, 0.3) is 0 Å². The van der Waals surface area contributed by atoms with Gasteiger partial charge in [0.25, 0.3) is 0 Å². The fourth-order valence-electron chi connectivity index (χ4n) is 2.21. The summed E-state index contributed by atoms with van der Waals surface area (Å²) in [6.45, 7) is 0.896. The third kappa shape index (κ3) is 3.06. The summed E-state index contributed by atoms with van der Waals surface area (Å²) in [4.78, 5) is 4.06. The molecule has 0 amide bonds. The first-order valence-corrected chi connectivity index (χ1v) is 8.34. The zero-order chi connectivity index (χ0) is 14.9. The second-order valence-electron chi connectivity index (χ2n) is 4.83. The monoisotopic (exact) mass is 309 g/mol. The first-order chi connectivity index (χ1) is 10.0. The molecule has 2 aromatic rings. The minimum Gasteiger partial charge on any atom is -0.471 e. The highest BCUT2D eigenvalue weighted by Crippen LogP contribution is 2.24. The number of hydrogen-bond donors (Lipinski definition) is 0. The maximum atomic E-state index is 11.6. The first-order valence-electron chi connectivity index (χ1n) is 6.49. The molecular formula is C13H15N3O4S. The SMILES string of the molecule is CS(=O)(=O)N1CCc2onc(COc3ccccn3)c2C1. The summed E-state index contributed by atoms with van der Waals surface area (Å²) in [5, 5.41) is 3.98. The maximum Gasteiger partial charge on any atom is 0.213 e. The number of pyridine rings is 1. The highest BCUT2D eigenvalue weighted by atomic mass is 32.2. The van der Waals surface area contributed by atoms with E-state index in [1.807, 2.05) is 6.07 Å². The zero-order valence-electron chi connectivity index (χ0n) is 11.5. The summed E-state index contributed by atoms with van der Waals surface area (Å²) in [7, 11) is -3.22. The molecule has 0 aromatic carbocycles. The van der Waals surface area contributed by atoms with Crippen LogP contribution in [0.3, 0.4) is 0 Å². The second-order valence-corrected chi connectivity index (χ2v) is 6.82. The number of ether oxygens (including phenoxy) is 1. The summed E-state index contributed by atoms with van der Waals surface area (Å²) >= 11 is 0.